The van der Waals surface area contributed by atoms with Crippen molar-refractivity contribution >= 4 is 5.97 Å². The third-order valence-electron chi connectivity index (χ3n) is 2.09. The topological polar surface area (TPSA) is 49.8 Å². The molecule has 0 aromatic carbocycles. The minimum Gasteiger partial charge on any atom is -0.393 e. The maximum absolute atomic E-state index is 11.0. The molecule has 0 fully saturated rings. The van der Waals surface area contributed by atoms with Gasteiger partial charge in [0.1, 0.15) is 0 Å². The second kappa shape index (κ2) is 5.47. The number of aliphatic hydroxyl groups excluding tert-OH is 1. The summed E-state index contributed by atoms with van der Waals surface area (Å²) in [6, 6.07) is 0.0858. The average molecular weight is 217 g/mol. The average Bonchev–Trinajstić information content (AvgIpc) is 1.96. The molecule has 1 unspecified atom stereocenters. The lowest BCUT2D eigenvalue weighted by Crippen LogP contribution is -2.50. The number of rotatable bonds is 5. The fourth-order valence-electron chi connectivity index (χ4n) is 1.88. The molecule has 0 aliphatic carbocycles. The summed E-state index contributed by atoms with van der Waals surface area (Å²) < 4.78 is 0. The molecular formula is C11H23NO3. The highest BCUT2D eigenvalue weighted by atomic mass is 16.7. The van der Waals surface area contributed by atoms with Crippen molar-refractivity contribution in [2.75, 3.05) is 0 Å². The van der Waals surface area contributed by atoms with E-state index in [0.29, 0.717) is 6.42 Å². The van der Waals surface area contributed by atoms with Gasteiger partial charge in [0.25, 0.3) is 0 Å². The Hall–Kier alpha value is -0.610. The van der Waals surface area contributed by atoms with Crippen molar-refractivity contribution in [2.24, 2.45) is 0 Å². The van der Waals surface area contributed by atoms with E-state index in [9.17, 15) is 9.90 Å². The first-order chi connectivity index (χ1) is 6.66. The molecule has 4 heteroatoms. The predicted octanol–water partition coefficient (Wildman–Crippen LogP) is 1.72. The first kappa shape index (κ1) is 14.4. The molecule has 0 aromatic heterocycles. The fourth-order valence-corrected chi connectivity index (χ4v) is 1.88. The van der Waals surface area contributed by atoms with E-state index < -0.39 is 6.10 Å². The van der Waals surface area contributed by atoms with Crippen molar-refractivity contribution in [2.45, 2.75) is 65.6 Å². The number of hydroxylamine groups is 2. The summed E-state index contributed by atoms with van der Waals surface area (Å²) in [5.74, 6) is -0.331. The standard InChI is InChI=1S/C11H23NO3/c1-8(2)12(15-10(4)14)11(5,6)7-9(3)13/h8-9,13H,7H2,1-6H3. The molecule has 0 aromatic rings. The highest BCUT2D eigenvalue weighted by molar-refractivity contribution is 5.65. The van der Waals surface area contributed by atoms with Crippen molar-refractivity contribution < 1.29 is 14.7 Å². The lowest BCUT2D eigenvalue weighted by atomic mass is 9.96. The molecule has 0 spiro atoms. The first-order valence-electron chi connectivity index (χ1n) is 5.32. The first-order valence-corrected chi connectivity index (χ1v) is 5.32. The largest absolute Gasteiger partial charge is 0.393 e. The van der Waals surface area contributed by atoms with Crippen LogP contribution in [0.1, 0.15) is 48.0 Å². The Morgan fingerprint density at radius 3 is 2.13 bits per heavy atom. The van der Waals surface area contributed by atoms with E-state index in [4.69, 9.17) is 4.84 Å². The van der Waals surface area contributed by atoms with E-state index in [1.165, 1.54) is 6.92 Å². The number of carbonyl (C=O) groups is 1. The molecule has 0 heterocycles. The van der Waals surface area contributed by atoms with Gasteiger partial charge in [-0.15, -0.1) is 5.06 Å². The zero-order chi connectivity index (χ0) is 12.2. The lowest BCUT2D eigenvalue weighted by molar-refractivity contribution is -0.231. The van der Waals surface area contributed by atoms with Crippen molar-refractivity contribution in [1.29, 1.82) is 0 Å². The molecule has 0 aliphatic rings. The van der Waals surface area contributed by atoms with Gasteiger partial charge < -0.3 is 9.94 Å². The van der Waals surface area contributed by atoms with Gasteiger partial charge in [0, 0.05) is 13.0 Å². The SMILES string of the molecule is CC(=O)ON(C(C)C)C(C)(C)CC(C)O. The predicted molar refractivity (Wildman–Crippen MR) is 59.1 cm³/mol. The van der Waals surface area contributed by atoms with Crippen LogP contribution in [0.25, 0.3) is 0 Å². The van der Waals surface area contributed by atoms with Crippen LogP contribution in [0.4, 0.5) is 0 Å². The number of hydrogen-bond acceptors (Lipinski definition) is 4. The Labute approximate surface area is 92.2 Å². The maximum atomic E-state index is 11.0. The van der Waals surface area contributed by atoms with E-state index in [1.807, 2.05) is 27.7 Å². The summed E-state index contributed by atoms with van der Waals surface area (Å²) in [6.45, 7) is 10.9. The van der Waals surface area contributed by atoms with Gasteiger partial charge in [-0.1, -0.05) is 0 Å². The number of hydrogen-bond donors (Lipinski definition) is 1. The minimum absolute atomic E-state index is 0.0858. The summed E-state index contributed by atoms with van der Waals surface area (Å²) in [5, 5.41) is 11.0. The van der Waals surface area contributed by atoms with Gasteiger partial charge in [0.2, 0.25) is 0 Å². The highest BCUT2D eigenvalue weighted by Crippen LogP contribution is 2.23. The van der Waals surface area contributed by atoms with Gasteiger partial charge in [-0.2, -0.15) is 0 Å². The number of aliphatic hydroxyl groups is 1. The molecule has 0 saturated heterocycles. The summed E-state index contributed by atoms with van der Waals surface area (Å²) in [4.78, 5) is 16.1. The summed E-state index contributed by atoms with van der Waals surface area (Å²) in [5.41, 5.74) is -0.367. The van der Waals surface area contributed by atoms with Crippen LogP contribution < -0.4 is 0 Å². The van der Waals surface area contributed by atoms with Crippen LogP contribution in [0.15, 0.2) is 0 Å². The van der Waals surface area contributed by atoms with Crippen molar-refractivity contribution in [3.63, 3.8) is 0 Å². The van der Waals surface area contributed by atoms with E-state index in [1.54, 1.807) is 12.0 Å². The molecule has 0 saturated carbocycles. The van der Waals surface area contributed by atoms with Gasteiger partial charge in [-0.25, -0.2) is 0 Å². The minimum atomic E-state index is -0.420. The normalized spacial score (nSPS) is 14.5. The van der Waals surface area contributed by atoms with E-state index in [0.717, 1.165) is 0 Å². The van der Waals surface area contributed by atoms with Gasteiger partial charge in [-0.3, -0.25) is 4.79 Å². The zero-order valence-corrected chi connectivity index (χ0v) is 10.6. The third kappa shape index (κ3) is 5.14. The van der Waals surface area contributed by atoms with Gasteiger partial charge in [0.15, 0.2) is 0 Å². The van der Waals surface area contributed by atoms with Gasteiger partial charge >= 0.3 is 5.97 Å². The molecule has 0 radical (unpaired) electrons. The van der Waals surface area contributed by atoms with Gasteiger partial charge in [-0.05, 0) is 41.0 Å². The molecule has 4 nitrogen and oxygen atoms in total. The molecule has 0 amide bonds. The van der Waals surface area contributed by atoms with E-state index in [2.05, 4.69) is 0 Å². The summed E-state index contributed by atoms with van der Waals surface area (Å²) in [6.07, 6.45) is 0.134. The molecular weight excluding hydrogens is 194 g/mol. The van der Waals surface area contributed by atoms with Crippen molar-refractivity contribution in [3.05, 3.63) is 0 Å². The highest BCUT2D eigenvalue weighted by Gasteiger charge is 2.32. The van der Waals surface area contributed by atoms with Crippen molar-refractivity contribution in [3.8, 4) is 0 Å². The Kier molecular flexibility index (Phi) is 5.24. The van der Waals surface area contributed by atoms with Crippen LogP contribution in [0.3, 0.4) is 0 Å². The molecule has 1 N–H and O–H groups in total. The van der Waals surface area contributed by atoms with Crippen LogP contribution in [0, 0.1) is 0 Å². The molecule has 15 heavy (non-hydrogen) atoms. The van der Waals surface area contributed by atoms with Gasteiger partial charge in [0.05, 0.1) is 11.6 Å². The fraction of sp³-hybridized carbons (Fsp3) is 0.909. The van der Waals surface area contributed by atoms with Crippen molar-refractivity contribution in [1.82, 2.24) is 5.06 Å². The van der Waals surface area contributed by atoms with Crippen LogP contribution in [0.5, 0.6) is 0 Å². The number of carbonyl (C=O) groups excluding carboxylic acids is 1. The van der Waals surface area contributed by atoms with E-state index in [-0.39, 0.29) is 17.6 Å². The maximum Gasteiger partial charge on any atom is 0.322 e. The van der Waals surface area contributed by atoms with E-state index >= 15 is 0 Å². The molecule has 0 bridgehead atoms. The second-order valence-electron chi connectivity index (χ2n) is 4.87. The Morgan fingerprint density at radius 1 is 1.40 bits per heavy atom. The smallest absolute Gasteiger partial charge is 0.322 e. The molecule has 1 atom stereocenters. The molecule has 0 rings (SSSR count). The van der Waals surface area contributed by atoms with Crippen LogP contribution in [-0.4, -0.2) is 33.8 Å². The zero-order valence-electron chi connectivity index (χ0n) is 10.6. The molecule has 0 aliphatic heterocycles. The number of nitrogens with zero attached hydrogens (tertiary/aromatic N) is 1. The Morgan fingerprint density at radius 2 is 1.87 bits per heavy atom. The Bertz CT molecular complexity index is 212. The quantitative estimate of drug-likeness (QED) is 0.712. The van der Waals surface area contributed by atoms with Crippen LogP contribution in [-0.2, 0) is 9.63 Å². The van der Waals surface area contributed by atoms with Crippen LogP contribution >= 0.6 is 0 Å². The summed E-state index contributed by atoms with van der Waals surface area (Å²) in [7, 11) is 0. The lowest BCUT2D eigenvalue weighted by Gasteiger charge is -2.39. The monoisotopic (exact) mass is 217 g/mol. The Balaban J connectivity index is 4.65. The summed E-state index contributed by atoms with van der Waals surface area (Å²) >= 11 is 0. The molecule has 90 valence electrons. The second-order valence-corrected chi connectivity index (χ2v) is 4.87. The van der Waals surface area contributed by atoms with Crippen LogP contribution in [0.2, 0.25) is 0 Å². The third-order valence-corrected chi connectivity index (χ3v) is 2.09.